The molecule has 0 bridgehead atoms. The van der Waals surface area contributed by atoms with E-state index in [1.165, 1.54) is 35.6 Å². The Balaban J connectivity index is 2.17. The van der Waals surface area contributed by atoms with E-state index in [4.69, 9.17) is 0 Å². The number of anilines is 1. The van der Waals surface area contributed by atoms with E-state index in [2.05, 4.69) is 5.32 Å². The minimum absolute atomic E-state index is 0.139. The molecule has 2 rings (SSSR count). The SMILES string of the molecule is Cc1ccc(NC(=O)c2ccc(S(=O)(=O)N(C)C(C)C)cc2)cc1. The van der Waals surface area contributed by atoms with Crippen molar-refractivity contribution in [3.8, 4) is 0 Å². The second-order valence-corrected chi connectivity index (χ2v) is 7.96. The lowest BCUT2D eigenvalue weighted by atomic mass is 10.2. The Labute approximate surface area is 143 Å². The molecule has 0 aliphatic rings. The second-order valence-electron chi connectivity index (χ2n) is 5.96. The topological polar surface area (TPSA) is 66.5 Å². The second kappa shape index (κ2) is 7.15. The molecule has 128 valence electrons. The summed E-state index contributed by atoms with van der Waals surface area (Å²) in [6.07, 6.45) is 0. The van der Waals surface area contributed by atoms with Crippen LogP contribution in [0.5, 0.6) is 0 Å². The lowest BCUT2D eigenvalue weighted by Gasteiger charge is -2.21. The molecular formula is C18H22N2O3S. The predicted octanol–water partition coefficient (Wildman–Crippen LogP) is 3.28. The molecule has 0 fully saturated rings. The van der Waals surface area contributed by atoms with Crippen LogP contribution in [0.25, 0.3) is 0 Å². The first kappa shape index (κ1) is 18.2. The Morgan fingerprint density at radius 1 is 1.00 bits per heavy atom. The van der Waals surface area contributed by atoms with Crippen LogP contribution >= 0.6 is 0 Å². The van der Waals surface area contributed by atoms with Gasteiger partial charge in [0.15, 0.2) is 0 Å². The first-order chi connectivity index (χ1) is 11.2. The van der Waals surface area contributed by atoms with Gasteiger partial charge >= 0.3 is 0 Å². The third kappa shape index (κ3) is 4.01. The largest absolute Gasteiger partial charge is 0.322 e. The highest BCUT2D eigenvalue weighted by Crippen LogP contribution is 2.18. The molecule has 1 N–H and O–H groups in total. The number of hydrogen-bond acceptors (Lipinski definition) is 3. The highest BCUT2D eigenvalue weighted by atomic mass is 32.2. The highest BCUT2D eigenvalue weighted by molar-refractivity contribution is 7.89. The standard InChI is InChI=1S/C18H22N2O3S/c1-13(2)20(4)24(22,23)17-11-7-15(8-12-17)18(21)19-16-9-5-14(3)6-10-16/h5-13H,1-4H3,(H,19,21). The monoisotopic (exact) mass is 346 g/mol. The van der Waals surface area contributed by atoms with Crippen molar-refractivity contribution in [2.24, 2.45) is 0 Å². The van der Waals surface area contributed by atoms with Crippen LogP contribution in [-0.4, -0.2) is 31.7 Å². The van der Waals surface area contributed by atoms with Gasteiger partial charge in [0.05, 0.1) is 4.90 Å². The Hall–Kier alpha value is -2.18. The Morgan fingerprint density at radius 2 is 1.54 bits per heavy atom. The molecule has 0 spiro atoms. The molecule has 2 aromatic carbocycles. The van der Waals surface area contributed by atoms with E-state index in [9.17, 15) is 13.2 Å². The Morgan fingerprint density at radius 3 is 2.04 bits per heavy atom. The van der Waals surface area contributed by atoms with Gasteiger partial charge in [-0.3, -0.25) is 4.79 Å². The van der Waals surface area contributed by atoms with Crippen LogP contribution in [0.2, 0.25) is 0 Å². The lowest BCUT2D eigenvalue weighted by molar-refractivity contribution is 0.102. The summed E-state index contributed by atoms with van der Waals surface area (Å²) in [5.74, 6) is -0.278. The lowest BCUT2D eigenvalue weighted by Crippen LogP contribution is -2.33. The van der Waals surface area contributed by atoms with E-state index in [1.807, 2.05) is 31.2 Å². The van der Waals surface area contributed by atoms with Crippen molar-refractivity contribution < 1.29 is 13.2 Å². The molecule has 0 unspecified atom stereocenters. The van der Waals surface area contributed by atoms with E-state index >= 15 is 0 Å². The molecule has 0 aromatic heterocycles. The number of aryl methyl sites for hydroxylation is 1. The molecule has 24 heavy (non-hydrogen) atoms. The molecule has 0 atom stereocenters. The first-order valence-corrected chi connectivity index (χ1v) is 9.12. The Kier molecular flexibility index (Phi) is 5.41. The van der Waals surface area contributed by atoms with Crippen LogP contribution in [0.3, 0.4) is 0 Å². The number of nitrogens with zero attached hydrogens (tertiary/aromatic N) is 1. The predicted molar refractivity (Wildman–Crippen MR) is 95.7 cm³/mol. The maximum atomic E-state index is 12.4. The zero-order valence-electron chi connectivity index (χ0n) is 14.3. The fourth-order valence-corrected chi connectivity index (χ4v) is 3.43. The molecule has 0 heterocycles. The van der Waals surface area contributed by atoms with Crippen LogP contribution in [0, 0.1) is 6.92 Å². The Bertz CT molecular complexity index is 810. The van der Waals surface area contributed by atoms with Gasteiger partial charge in [-0.1, -0.05) is 17.7 Å². The van der Waals surface area contributed by atoms with Crippen LogP contribution in [0.15, 0.2) is 53.4 Å². The summed E-state index contributed by atoms with van der Waals surface area (Å²) in [5, 5.41) is 2.79. The minimum atomic E-state index is -3.54. The smallest absolute Gasteiger partial charge is 0.255 e. The molecule has 0 saturated heterocycles. The minimum Gasteiger partial charge on any atom is -0.322 e. The molecule has 0 saturated carbocycles. The summed E-state index contributed by atoms with van der Waals surface area (Å²) >= 11 is 0. The van der Waals surface area contributed by atoms with E-state index in [0.29, 0.717) is 11.3 Å². The van der Waals surface area contributed by atoms with Gasteiger partial charge in [-0.15, -0.1) is 0 Å². The molecule has 2 aromatic rings. The number of amides is 1. The van der Waals surface area contributed by atoms with Crippen LogP contribution in [0.4, 0.5) is 5.69 Å². The summed E-state index contributed by atoms with van der Waals surface area (Å²) in [6.45, 7) is 5.58. The van der Waals surface area contributed by atoms with E-state index < -0.39 is 10.0 Å². The summed E-state index contributed by atoms with van der Waals surface area (Å²) < 4.78 is 26.1. The highest BCUT2D eigenvalue weighted by Gasteiger charge is 2.23. The third-order valence-electron chi connectivity index (χ3n) is 3.83. The van der Waals surface area contributed by atoms with E-state index in [1.54, 1.807) is 13.8 Å². The molecule has 0 aliphatic heterocycles. The van der Waals surface area contributed by atoms with Crippen molar-refractivity contribution in [3.63, 3.8) is 0 Å². The maximum Gasteiger partial charge on any atom is 0.255 e. The fourth-order valence-electron chi connectivity index (χ4n) is 2.06. The summed E-state index contributed by atoms with van der Waals surface area (Å²) in [6, 6.07) is 13.3. The van der Waals surface area contributed by atoms with Crippen molar-refractivity contribution in [2.75, 3.05) is 12.4 Å². The van der Waals surface area contributed by atoms with Gasteiger partial charge in [-0.05, 0) is 57.2 Å². The van der Waals surface area contributed by atoms with Crippen molar-refractivity contribution >= 4 is 21.6 Å². The van der Waals surface area contributed by atoms with Gasteiger partial charge in [0.1, 0.15) is 0 Å². The number of rotatable bonds is 5. The average Bonchev–Trinajstić information content (AvgIpc) is 2.56. The number of sulfonamides is 1. The van der Waals surface area contributed by atoms with Crippen molar-refractivity contribution in [2.45, 2.75) is 31.7 Å². The van der Waals surface area contributed by atoms with Gasteiger partial charge in [0.25, 0.3) is 5.91 Å². The molecule has 0 aliphatic carbocycles. The van der Waals surface area contributed by atoms with Crippen LogP contribution < -0.4 is 5.32 Å². The first-order valence-electron chi connectivity index (χ1n) is 7.68. The quantitative estimate of drug-likeness (QED) is 0.903. The number of carbonyl (C=O) groups excluding carboxylic acids is 1. The summed E-state index contributed by atoms with van der Waals surface area (Å²) in [5.41, 5.74) is 2.21. The fraction of sp³-hybridized carbons (Fsp3) is 0.278. The van der Waals surface area contributed by atoms with Gasteiger partial charge in [0.2, 0.25) is 10.0 Å². The summed E-state index contributed by atoms with van der Waals surface area (Å²) in [7, 11) is -2.00. The zero-order valence-corrected chi connectivity index (χ0v) is 15.1. The maximum absolute atomic E-state index is 12.4. The molecule has 5 nitrogen and oxygen atoms in total. The average molecular weight is 346 g/mol. The van der Waals surface area contributed by atoms with Gasteiger partial charge in [-0.2, -0.15) is 4.31 Å². The van der Waals surface area contributed by atoms with Crippen molar-refractivity contribution in [1.82, 2.24) is 4.31 Å². The molecule has 6 heteroatoms. The number of carbonyl (C=O) groups is 1. The van der Waals surface area contributed by atoms with Gasteiger partial charge < -0.3 is 5.32 Å². The molecular weight excluding hydrogens is 324 g/mol. The number of nitrogens with one attached hydrogen (secondary N) is 1. The molecule has 1 amide bonds. The van der Waals surface area contributed by atoms with Crippen LogP contribution in [0.1, 0.15) is 29.8 Å². The van der Waals surface area contributed by atoms with Crippen LogP contribution in [-0.2, 0) is 10.0 Å². The van der Waals surface area contributed by atoms with Crippen molar-refractivity contribution in [3.05, 3.63) is 59.7 Å². The zero-order chi connectivity index (χ0) is 17.9. The van der Waals surface area contributed by atoms with Crippen molar-refractivity contribution in [1.29, 1.82) is 0 Å². The van der Waals surface area contributed by atoms with Gasteiger partial charge in [-0.25, -0.2) is 8.42 Å². The number of benzene rings is 2. The third-order valence-corrected chi connectivity index (χ3v) is 5.88. The van der Waals surface area contributed by atoms with E-state index in [0.717, 1.165) is 5.56 Å². The summed E-state index contributed by atoms with van der Waals surface area (Å²) in [4.78, 5) is 12.4. The molecule has 0 radical (unpaired) electrons. The number of hydrogen-bond donors (Lipinski definition) is 1. The van der Waals surface area contributed by atoms with E-state index in [-0.39, 0.29) is 16.8 Å². The van der Waals surface area contributed by atoms with Gasteiger partial charge in [0, 0.05) is 24.3 Å². The normalized spacial score (nSPS) is 11.8.